The number of nitrogens with one attached hydrogen (secondary N) is 1. The normalized spacial score (nSPS) is 10.5. The highest BCUT2D eigenvalue weighted by molar-refractivity contribution is 5.95. The number of carboxylic acid groups (broad SMARTS) is 1. The van der Waals surface area contributed by atoms with Crippen LogP contribution in [-0.4, -0.2) is 28.0 Å². The van der Waals surface area contributed by atoms with Crippen LogP contribution in [0.15, 0.2) is 36.7 Å². The van der Waals surface area contributed by atoms with Crippen molar-refractivity contribution >= 4 is 11.9 Å². The molecule has 1 heterocycles. The van der Waals surface area contributed by atoms with Crippen LogP contribution in [0.25, 0.3) is 11.1 Å². The zero-order valence-electron chi connectivity index (χ0n) is 12.1. The van der Waals surface area contributed by atoms with Crippen LogP contribution in [0.1, 0.15) is 34.6 Å². The van der Waals surface area contributed by atoms with Crippen molar-refractivity contribution in [1.29, 1.82) is 0 Å². The number of aromatic nitrogens is 1. The Morgan fingerprint density at radius 1 is 1.18 bits per heavy atom. The van der Waals surface area contributed by atoms with E-state index in [1.165, 1.54) is 24.5 Å². The predicted octanol–water partition coefficient (Wildman–Crippen LogP) is 2.72. The van der Waals surface area contributed by atoms with Gasteiger partial charge in [-0.2, -0.15) is 0 Å². The van der Waals surface area contributed by atoms with Crippen molar-refractivity contribution in [2.24, 2.45) is 0 Å². The van der Waals surface area contributed by atoms with Crippen LogP contribution in [0, 0.1) is 5.82 Å². The van der Waals surface area contributed by atoms with Gasteiger partial charge >= 0.3 is 5.97 Å². The van der Waals surface area contributed by atoms with Gasteiger partial charge in [-0.25, -0.2) is 9.18 Å². The van der Waals surface area contributed by atoms with Crippen LogP contribution in [-0.2, 0) is 0 Å². The van der Waals surface area contributed by atoms with Gasteiger partial charge in [-0.05, 0) is 37.6 Å². The smallest absolute Gasteiger partial charge is 0.338 e. The molecule has 0 aliphatic rings. The molecule has 0 radical (unpaired) electrons. The van der Waals surface area contributed by atoms with Gasteiger partial charge in [0.05, 0.1) is 11.1 Å². The summed E-state index contributed by atoms with van der Waals surface area (Å²) in [5.74, 6) is -2.43. The molecule has 6 heteroatoms. The Balaban J connectivity index is 2.40. The summed E-state index contributed by atoms with van der Waals surface area (Å²) in [7, 11) is 0. The van der Waals surface area contributed by atoms with E-state index in [9.17, 15) is 14.0 Å². The molecule has 0 bridgehead atoms. The molecule has 1 amide bonds. The molecule has 1 aromatic heterocycles. The third kappa shape index (κ3) is 3.46. The maximum absolute atomic E-state index is 13.4. The van der Waals surface area contributed by atoms with E-state index in [1.54, 1.807) is 6.07 Å². The molecular weight excluding hydrogens is 287 g/mol. The Morgan fingerprint density at radius 3 is 2.55 bits per heavy atom. The molecule has 1 aromatic carbocycles. The molecule has 2 N–H and O–H groups in total. The van der Waals surface area contributed by atoms with Gasteiger partial charge in [-0.3, -0.25) is 9.78 Å². The molecule has 0 saturated carbocycles. The van der Waals surface area contributed by atoms with Crippen molar-refractivity contribution < 1.29 is 19.1 Å². The summed E-state index contributed by atoms with van der Waals surface area (Å²) in [4.78, 5) is 26.9. The van der Waals surface area contributed by atoms with Crippen molar-refractivity contribution in [3.8, 4) is 11.1 Å². The molecule has 2 aromatic rings. The van der Waals surface area contributed by atoms with Crippen molar-refractivity contribution in [3.63, 3.8) is 0 Å². The van der Waals surface area contributed by atoms with Crippen LogP contribution in [0.5, 0.6) is 0 Å². The van der Waals surface area contributed by atoms with Gasteiger partial charge in [0.25, 0.3) is 5.91 Å². The number of hydrogen-bond donors (Lipinski definition) is 2. The summed E-state index contributed by atoms with van der Waals surface area (Å²) in [5.41, 5.74) is 0.950. The molecule has 0 fully saturated rings. The number of aromatic carboxylic acids is 1. The first-order valence-corrected chi connectivity index (χ1v) is 6.67. The summed E-state index contributed by atoms with van der Waals surface area (Å²) >= 11 is 0. The van der Waals surface area contributed by atoms with Gasteiger partial charge in [0.1, 0.15) is 5.82 Å². The summed E-state index contributed by atoms with van der Waals surface area (Å²) in [6, 6.07) is 5.32. The lowest BCUT2D eigenvalue weighted by atomic mass is 10.0. The molecule has 0 saturated heterocycles. The first kappa shape index (κ1) is 15.6. The van der Waals surface area contributed by atoms with E-state index in [2.05, 4.69) is 10.3 Å². The van der Waals surface area contributed by atoms with Gasteiger partial charge in [0.15, 0.2) is 0 Å². The Hall–Kier alpha value is -2.76. The van der Waals surface area contributed by atoms with Crippen molar-refractivity contribution in [2.45, 2.75) is 19.9 Å². The molecular formula is C16H15FN2O3. The highest BCUT2D eigenvalue weighted by atomic mass is 19.1. The van der Waals surface area contributed by atoms with E-state index in [4.69, 9.17) is 5.11 Å². The first-order chi connectivity index (χ1) is 10.4. The molecule has 114 valence electrons. The fourth-order valence-electron chi connectivity index (χ4n) is 1.94. The molecule has 0 spiro atoms. The van der Waals surface area contributed by atoms with Gasteiger partial charge in [-0.1, -0.05) is 6.07 Å². The van der Waals surface area contributed by atoms with Crippen molar-refractivity contribution in [3.05, 3.63) is 53.6 Å². The Kier molecular flexibility index (Phi) is 4.50. The minimum absolute atomic E-state index is 0.0133. The van der Waals surface area contributed by atoms with Gasteiger partial charge in [0.2, 0.25) is 0 Å². The lowest BCUT2D eigenvalue weighted by Gasteiger charge is -2.09. The number of hydrogen-bond acceptors (Lipinski definition) is 3. The van der Waals surface area contributed by atoms with Crippen LogP contribution < -0.4 is 5.32 Å². The average molecular weight is 302 g/mol. The number of carboxylic acids is 1. The van der Waals surface area contributed by atoms with E-state index in [-0.39, 0.29) is 11.9 Å². The van der Waals surface area contributed by atoms with E-state index in [1.807, 2.05) is 13.8 Å². The number of benzene rings is 1. The van der Waals surface area contributed by atoms with E-state index < -0.39 is 17.3 Å². The maximum atomic E-state index is 13.4. The van der Waals surface area contributed by atoms with E-state index in [0.717, 1.165) is 6.07 Å². The summed E-state index contributed by atoms with van der Waals surface area (Å²) in [5, 5.41) is 11.7. The second-order valence-electron chi connectivity index (χ2n) is 5.09. The van der Waals surface area contributed by atoms with Gasteiger partial charge < -0.3 is 10.4 Å². The highest BCUT2D eigenvalue weighted by Gasteiger charge is 2.13. The zero-order valence-corrected chi connectivity index (χ0v) is 12.1. The summed E-state index contributed by atoms with van der Waals surface area (Å²) in [6.45, 7) is 3.68. The highest BCUT2D eigenvalue weighted by Crippen LogP contribution is 2.22. The minimum atomic E-state index is -1.35. The second-order valence-corrected chi connectivity index (χ2v) is 5.09. The lowest BCUT2D eigenvalue weighted by Crippen LogP contribution is -2.30. The number of carbonyl (C=O) groups excluding carboxylic acids is 1. The Morgan fingerprint density at radius 2 is 1.91 bits per heavy atom. The monoisotopic (exact) mass is 302 g/mol. The molecule has 0 aliphatic carbocycles. The van der Waals surface area contributed by atoms with Crippen LogP contribution >= 0.6 is 0 Å². The zero-order chi connectivity index (χ0) is 16.3. The number of halogens is 1. The Labute approximate surface area is 126 Å². The summed E-state index contributed by atoms with van der Waals surface area (Å²) in [6.07, 6.45) is 2.91. The van der Waals surface area contributed by atoms with Crippen molar-refractivity contribution in [1.82, 2.24) is 10.3 Å². The summed E-state index contributed by atoms with van der Waals surface area (Å²) < 4.78 is 13.4. The molecule has 5 nitrogen and oxygen atoms in total. The SMILES string of the molecule is CC(C)NC(=O)c1cncc(-c2ccc(F)c(C(=O)O)c2)c1. The number of nitrogens with zero attached hydrogens (tertiary/aromatic N) is 1. The third-order valence-corrected chi connectivity index (χ3v) is 2.95. The quantitative estimate of drug-likeness (QED) is 0.910. The first-order valence-electron chi connectivity index (χ1n) is 6.67. The minimum Gasteiger partial charge on any atom is -0.478 e. The van der Waals surface area contributed by atoms with E-state index in [0.29, 0.717) is 16.7 Å². The molecule has 0 atom stereocenters. The molecule has 2 rings (SSSR count). The molecule has 0 unspecified atom stereocenters. The topological polar surface area (TPSA) is 79.3 Å². The fourth-order valence-corrected chi connectivity index (χ4v) is 1.94. The van der Waals surface area contributed by atoms with Crippen LogP contribution in [0.3, 0.4) is 0 Å². The Bertz CT molecular complexity index is 729. The molecule has 0 aliphatic heterocycles. The van der Waals surface area contributed by atoms with Gasteiger partial charge in [0, 0.05) is 24.0 Å². The number of rotatable bonds is 4. The van der Waals surface area contributed by atoms with Crippen molar-refractivity contribution in [2.75, 3.05) is 0 Å². The fraction of sp³-hybridized carbons (Fsp3) is 0.188. The lowest BCUT2D eigenvalue weighted by molar-refractivity contribution is 0.0691. The number of pyridine rings is 1. The van der Waals surface area contributed by atoms with Crippen LogP contribution in [0.4, 0.5) is 4.39 Å². The largest absolute Gasteiger partial charge is 0.478 e. The number of carbonyl (C=O) groups is 2. The second kappa shape index (κ2) is 6.34. The standard InChI is InChI=1S/C16H15FN2O3/c1-9(2)19-15(20)12-5-11(7-18-8-12)10-3-4-14(17)13(6-10)16(21)22/h3-9H,1-2H3,(H,19,20)(H,21,22). The van der Waals surface area contributed by atoms with Gasteiger partial charge in [-0.15, -0.1) is 0 Å². The van der Waals surface area contributed by atoms with E-state index >= 15 is 0 Å². The third-order valence-electron chi connectivity index (χ3n) is 2.95. The van der Waals surface area contributed by atoms with Crippen LogP contribution in [0.2, 0.25) is 0 Å². The molecule has 22 heavy (non-hydrogen) atoms. The predicted molar refractivity (Wildman–Crippen MR) is 79.2 cm³/mol. The maximum Gasteiger partial charge on any atom is 0.338 e. The number of amides is 1. The average Bonchev–Trinajstić information content (AvgIpc) is 2.47.